The predicted molar refractivity (Wildman–Crippen MR) is 190 cm³/mol. The van der Waals surface area contributed by atoms with Crippen molar-refractivity contribution in [2.45, 2.75) is 25.3 Å². The van der Waals surface area contributed by atoms with Gasteiger partial charge in [0, 0.05) is 43.1 Å². The molecule has 1 fully saturated rings. The van der Waals surface area contributed by atoms with Crippen LogP contribution in [0.3, 0.4) is 0 Å². The fourth-order valence-corrected chi connectivity index (χ4v) is 9.12. The van der Waals surface area contributed by atoms with E-state index in [1.54, 1.807) is 0 Å². The monoisotopic (exact) mass is 647 g/mol. The lowest BCUT2D eigenvalue weighted by atomic mass is 9.96. The minimum absolute atomic E-state index is 0.0857. The first kappa shape index (κ1) is 26.6. The third kappa shape index (κ3) is 3.15. The van der Waals surface area contributed by atoms with E-state index in [0.29, 0.717) is 11.1 Å². The molecule has 2 unspecified atom stereocenters. The molecule has 0 aliphatic carbocycles. The molecule has 0 saturated carbocycles. The van der Waals surface area contributed by atoms with Crippen LogP contribution in [0.5, 0.6) is 0 Å². The number of hydrogen-bond donors (Lipinski definition) is 1. The number of hydrogen-bond acceptors (Lipinski definition) is 5. The lowest BCUT2D eigenvalue weighted by Gasteiger charge is -2.15. The van der Waals surface area contributed by atoms with Crippen molar-refractivity contribution >= 4 is 66.8 Å². The van der Waals surface area contributed by atoms with E-state index in [1.807, 2.05) is 48.5 Å². The summed E-state index contributed by atoms with van der Waals surface area (Å²) in [5.41, 5.74) is 9.55. The lowest BCUT2D eigenvalue weighted by molar-refractivity contribution is -0.0229. The number of benzene rings is 6. The van der Waals surface area contributed by atoms with Gasteiger partial charge in [-0.1, -0.05) is 72.8 Å². The zero-order valence-corrected chi connectivity index (χ0v) is 26.5. The van der Waals surface area contributed by atoms with E-state index >= 15 is 0 Å². The molecule has 1 N–H and O–H groups in total. The SMILES string of the molecule is O=C1NC(=O)c2c1c1c3ccccc3n3c1c1c2c2ccccc2n1C1CCC3O1.c1ccc2c(c1)N=c1ccc3c(c1-2)N=c1ccccc1=3. The number of carbonyl (C=O) groups is 2. The highest BCUT2D eigenvalue weighted by molar-refractivity contribution is 6.39. The lowest BCUT2D eigenvalue weighted by Crippen LogP contribution is -2.20. The van der Waals surface area contributed by atoms with Gasteiger partial charge in [0.2, 0.25) is 0 Å². The maximum atomic E-state index is 13.0. The van der Waals surface area contributed by atoms with Crippen LogP contribution < -0.4 is 16.0 Å². The molecule has 2 bridgehead atoms. The van der Waals surface area contributed by atoms with E-state index in [1.165, 1.54) is 21.6 Å². The number of fused-ring (bicyclic) bond motifs is 19. The number of nitrogens with one attached hydrogen (secondary N) is 1. The molecule has 0 radical (unpaired) electrons. The van der Waals surface area contributed by atoms with Crippen LogP contribution >= 0.6 is 0 Å². The smallest absolute Gasteiger partial charge is 0.259 e. The van der Waals surface area contributed by atoms with Gasteiger partial charge in [0.25, 0.3) is 11.8 Å². The van der Waals surface area contributed by atoms with Crippen molar-refractivity contribution in [1.29, 1.82) is 0 Å². The number of aromatic nitrogens is 2. The van der Waals surface area contributed by atoms with Crippen LogP contribution in [-0.4, -0.2) is 20.9 Å². The van der Waals surface area contributed by atoms with Crippen molar-refractivity contribution in [3.05, 3.63) is 141 Å². The standard InChI is InChI=1S/C24H15N3O3.C18H10N2/c28-23-19-17-11-5-1-3-7-13(11)26-15-9-10-16(30-15)27-14-8-4-2-6-12(14)18(22(27)21(17)26)20(19)24(29)25-23;1-3-7-14-11(5-1)12-9-10-16-17(18(12)20-14)13-6-2-4-8-15(13)19-16/h1-8,15-16H,9-10H2,(H,25,28,29);1-10H. The van der Waals surface area contributed by atoms with E-state index < -0.39 is 0 Å². The van der Waals surface area contributed by atoms with Gasteiger partial charge >= 0.3 is 0 Å². The van der Waals surface area contributed by atoms with Crippen LogP contribution in [-0.2, 0) is 4.74 Å². The highest BCUT2D eigenvalue weighted by Gasteiger charge is 2.42. The molecule has 8 heteroatoms. The summed E-state index contributed by atoms with van der Waals surface area (Å²) >= 11 is 0. The van der Waals surface area contributed by atoms with Gasteiger partial charge in [-0.25, -0.2) is 9.98 Å². The van der Waals surface area contributed by atoms with Crippen LogP contribution in [0.15, 0.2) is 119 Å². The third-order valence-corrected chi connectivity index (χ3v) is 11.0. The molecule has 5 aliphatic rings. The Morgan fingerprint density at radius 3 is 1.88 bits per heavy atom. The number of amides is 2. The summed E-state index contributed by atoms with van der Waals surface area (Å²) in [7, 11) is 0. The number of para-hydroxylation sites is 4. The fraction of sp³-hybridized carbons (Fsp3) is 0.0952. The summed E-state index contributed by atoms with van der Waals surface area (Å²) < 4.78 is 11.1. The Morgan fingerprint density at radius 2 is 1.18 bits per heavy atom. The molecule has 2 atom stereocenters. The molecule has 1 saturated heterocycles. The third-order valence-electron chi connectivity index (χ3n) is 11.0. The molecule has 5 aliphatic heterocycles. The van der Waals surface area contributed by atoms with Gasteiger partial charge in [-0.2, -0.15) is 0 Å². The van der Waals surface area contributed by atoms with Crippen LogP contribution in [0.1, 0.15) is 46.0 Å². The van der Waals surface area contributed by atoms with Crippen molar-refractivity contribution < 1.29 is 14.3 Å². The first-order chi connectivity index (χ1) is 24.7. The molecule has 6 aromatic carbocycles. The molecule has 2 aromatic heterocycles. The number of imide groups is 1. The summed E-state index contributed by atoms with van der Waals surface area (Å²) in [6.07, 6.45) is 1.65. The molecule has 50 heavy (non-hydrogen) atoms. The normalized spacial score (nSPS) is 18.3. The molecule has 13 rings (SSSR count). The van der Waals surface area contributed by atoms with Gasteiger partial charge in [-0.15, -0.1) is 0 Å². The number of rotatable bonds is 0. The van der Waals surface area contributed by atoms with E-state index in [2.05, 4.69) is 75.1 Å². The Hall–Kier alpha value is -6.38. The summed E-state index contributed by atoms with van der Waals surface area (Å²) in [5, 5.41) is 10.8. The topological polar surface area (TPSA) is 90.0 Å². The minimum atomic E-state index is -0.313. The molecule has 8 aromatic rings. The van der Waals surface area contributed by atoms with Gasteiger partial charge in [-0.05, 0) is 49.2 Å². The summed E-state index contributed by atoms with van der Waals surface area (Å²) in [6.45, 7) is 0. The second-order valence-corrected chi connectivity index (χ2v) is 13.5. The first-order valence-corrected chi connectivity index (χ1v) is 17.0. The first-order valence-electron chi connectivity index (χ1n) is 17.0. The van der Waals surface area contributed by atoms with Crippen molar-refractivity contribution in [2.75, 3.05) is 0 Å². The average Bonchev–Trinajstić information content (AvgIpc) is 3.97. The van der Waals surface area contributed by atoms with E-state index in [9.17, 15) is 9.59 Å². The highest BCUT2D eigenvalue weighted by atomic mass is 16.5. The van der Waals surface area contributed by atoms with Gasteiger partial charge < -0.3 is 13.9 Å². The second kappa shape index (κ2) is 9.19. The average molecular weight is 648 g/mol. The van der Waals surface area contributed by atoms with Crippen LogP contribution in [0.25, 0.3) is 54.7 Å². The summed E-state index contributed by atoms with van der Waals surface area (Å²) in [6, 6.07) is 37.1. The van der Waals surface area contributed by atoms with E-state index in [0.717, 1.165) is 78.5 Å². The van der Waals surface area contributed by atoms with Crippen LogP contribution in [0.4, 0.5) is 11.4 Å². The number of carbonyl (C=O) groups excluding carboxylic acids is 2. The molecule has 0 spiro atoms. The Kier molecular flexibility index (Phi) is 4.88. The van der Waals surface area contributed by atoms with Crippen molar-refractivity contribution in [2.24, 2.45) is 9.98 Å². The maximum absolute atomic E-state index is 13.0. The molecule has 236 valence electrons. The summed E-state index contributed by atoms with van der Waals surface area (Å²) in [4.78, 5) is 35.5. The maximum Gasteiger partial charge on any atom is 0.259 e. The Labute approximate surface area is 282 Å². The van der Waals surface area contributed by atoms with Gasteiger partial charge in [0.1, 0.15) is 12.5 Å². The largest absolute Gasteiger partial charge is 0.335 e. The zero-order valence-electron chi connectivity index (χ0n) is 26.5. The molecule has 2 amide bonds. The minimum Gasteiger partial charge on any atom is -0.335 e. The van der Waals surface area contributed by atoms with Gasteiger partial charge in [-0.3, -0.25) is 14.9 Å². The van der Waals surface area contributed by atoms with Crippen LogP contribution in [0.2, 0.25) is 0 Å². The number of ether oxygens (including phenoxy) is 1. The summed E-state index contributed by atoms with van der Waals surface area (Å²) in [5.74, 6) is -0.626. The quantitative estimate of drug-likeness (QED) is 0.171. The molecule has 7 heterocycles. The molecular formula is C42H25N5O3. The molecular weight excluding hydrogens is 622 g/mol. The van der Waals surface area contributed by atoms with Crippen molar-refractivity contribution in [1.82, 2.24) is 14.5 Å². The van der Waals surface area contributed by atoms with E-state index in [4.69, 9.17) is 14.7 Å². The van der Waals surface area contributed by atoms with Gasteiger partial charge in [0.15, 0.2) is 0 Å². The highest BCUT2D eigenvalue weighted by Crippen LogP contribution is 2.52. The van der Waals surface area contributed by atoms with Gasteiger partial charge in [0.05, 0.1) is 55.3 Å². The Bertz CT molecular complexity index is 3050. The van der Waals surface area contributed by atoms with Crippen LogP contribution in [0, 0.1) is 10.4 Å². The predicted octanol–water partition coefficient (Wildman–Crippen LogP) is 7.78. The second-order valence-electron chi connectivity index (χ2n) is 13.5. The Morgan fingerprint density at radius 1 is 0.580 bits per heavy atom. The zero-order chi connectivity index (χ0) is 32.8. The Balaban J connectivity index is 0.000000124. The fourth-order valence-electron chi connectivity index (χ4n) is 9.12. The number of nitrogens with zero attached hydrogens (tertiary/aromatic N) is 4. The molecule has 8 nitrogen and oxygen atoms in total. The van der Waals surface area contributed by atoms with E-state index in [-0.39, 0.29) is 24.3 Å². The van der Waals surface area contributed by atoms with Crippen molar-refractivity contribution in [3.8, 4) is 11.1 Å². The van der Waals surface area contributed by atoms with Crippen molar-refractivity contribution in [3.63, 3.8) is 0 Å².